The van der Waals surface area contributed by atoms with Gasteiger partial charge in [0.05, 0.1) is 5.69 Å². The van der Waals surface area contributed by atoms with Crippen molar-refractivity contribution >= 4 is 17.4 Å². The third kappa shape index (κ3) is 1.91. The molecular weight excluding hydrogens is 268 g/mol. The fraction of sp³-hybridized carbons (Fsp3) is 0.273. The van der Waals surface area contributed by atoms with Crippen molar-refractivity contribution in [3.63, 3.8) is 0 Å². The molecule has 3 aromatic rings. The summed E-state index contributed by atoms with van der Waals surface area (Å²) in [6.07, 6.45) is 1.40. The van der Waals surface area contributed by atoms with Gasteiger partial charge in [0.25, 0.3) is 5.78 Å². The van der Waals surface area contributed by atoms with Gasteiger partial charge in [0.1, 0.15) is 11.5 Å². The molecule has 0 amide bonds. The second-order valence-electron chi connectivity index (χ2n) is 4.15. The molecule has 98 valence electrons. The van der Waals surface area contributed by atoms with Crippen LogP contribution < -0.4 is 4.74 Å². The van der Waals surface area contributed by atoms with Gasteiger partial charge in [0.2, 0.25) is 11.8 Å². The quantitative estimate of drug-likeness (QED) is 0.670. The second-order valence-corrected chi connectivity index (χ2v) is 4.51. The Hall–Kier alpha value is -2.15. The molecule has 0 aliphatic carbocycles. The topological polar surface area (TPSA) is 70.1 Å². The lowest BCUT2D eigenvalue weighted by Crippen LogP contribution is -2.04. The monoisotopic (exact) mass is 278 g/mol. The van der Waals surface area contributed by atoms with Gasteiger partial charge < -0.3 is 4.74 Å². The van der Waals surface area contributed by atoms with Crippen LogP contribution in [-0.4, -0.2) is 29.4 Å². The number of nitrogens with zero attached hydrogens (tertiary/aromatic N) is 6. The summed E-state index contributed by atoms with van der Waals surface area (Å²) < 4.78 is 9.00. The molecule has 8 heteroatoms. The van der Waals surface area contributed by atoms with Gasteiger partial charge in [-0.25, -0.2) is 4.68 Å². The van der Waals surface area contributed by atoms with Gasteiger partial charge >= 0.3 is 0 Å². The zero-order chi connectivity index (χ0) is 13.6. The summed E-state index contributed by atoms with van der Waals surface area (Å²) in [6, 6.07) is 1.83. The van der Waals surface area contributed by atoms with E-state index >= 15 is 0 Å². The van der Waals surface area contributed by atoms with Crippen molar-refractivity contribution < 1.29 is 4.74 Å². The highest BCUT2D eigenvalue weighted by Crippen LogP contribution is 2.28. The molecule has 0 unspecified atom stereocenters. The number of rotatable bonds is 2. The largest absolute Gasteiger partial charge is 0.420 e. The summed E-state index contributed by atoms with van der Waals surface area (Å²) in [5.41, 5.74) is 1.56. The van der Waals surface area contributed by atoms with E-state index in [2.05, 4.69) is 20.2 Å². The Kier molecular flexibility index (Phi) is 2.63. The molecule has 0 N–H and O–H groups in total. The van der Waals surface area contributed by atoms with Crippen molar-refractivity contribution in [2.24, 2.45) is 7.05 Å². The maximum absolute atomic E-state index is 6.07. The van der Waals surface area contributed by atoms with E-state index in [0.29, 0.717) is 28.3 Å². The van der Waals surface area contributed by atoms with Crippen LogP contribution >= 0.6 is 11.6 Å². The van der Waals surface area contributed by atoms with Crippen molar-refractivity contribution in [2.45, 2.75) is 13.8 Å². The maximum Gasteiger partial charge on any atom is 0.256 e. The van der Waals surface area contributed by atoms with E-state index in [9.17, 15) is 0 Å². The van der Waals surface area contributed by atoms with E-state index in [-0.39, 0.29) is 0 Å². The maximum atomic E-state index is 6.07. The Morgan fingerprint density at radius 1 is 1.32 bits per heavy atom. The van der Waals surface area contributed by atoms with E-state index in [1.165, 1.54) is 10.8 Å². The van der Waals surface area contributed by atoms with Gasteiger partial charge in [-0.05, 0) is 13.8 Å². The van der Waals surface area contributed by atoms with Crippen LogP contribution in [0.3, 0.4) is 0 Å². The van der Waals surface area contributed by atoms with E-state index < -0.39 is 0 Å². The van der Waals surface area contributed by atoms with E-state index in [0.717, 1.165) is 5.69 Å². The zero-order valence-electron chi connectivity index (χ0n) is 10.6. The first kappa shape index (κ1) is 11.9. The molecule has 0 saturated carbocycles. The Balaban J connectivity index is 2.16. The minimum absolute atomic E-state index is 0.342. The van der Waals surface area contributed by atoms with Gasteiger partial charge in [-0.15, -0.1) is 0 Å². The van der Waals surface area contributed by atoms with Crippen molar-refractivity contribution in [2.75, 3.05) is 0 Å². The highest BCUT2D eigenvalue weighted by molar-refractivity contribution is 6.30. The molecule has 19 heavy (non-hydrogen) atoms. The van der Waals surface area contributed by atoms with Crippen molar-refractivity contribution in [1.29, 1.82) is 0 Å². The summed E-state index contributed by atoms with van der Waals surface area (Å²) in [5.74, 6) is 1.47. The molecule has 0 fully saturated rings. The van der Waals surface area contributed by atoms with Crippen molar-refractivity contribution in [1.82, 2.24) is 29.4 Å². The number of aryl methyl sites for hydroxylation is 2. The van der Waals surface area contributed by atoms with Crippen molar-refractivity contribution in [3.8, 4) is 11.8 Å². The fourth-order valence-corrected chi connectivity index (χ4v) is 1.93. The second kappa shape index (κ2) is 4.20. The first-order valence-corrected chi connectivity index (χ1v) is 5.98. The first-order valence-electron chi connectivity index (χ1n) is 5.60. The Morgan fingerprint density at radius 2 is 2.11 bits per heavy atom. The number of aromatic nitrogens is 6. The predicted molar refractivity (Wildman–Crippen MR) is 68.5 cm³/mol. The van der Waals surface area contributed by atoms with Gasteiger partial charge in [-0.2, -0.15) is 24.7 Å². The van der Waals surface area contributed by atoms with Crippen molar-refractivity contribution in [3.05, 3.63) is 28.8 Å². The standard InChI is InChI=1S/C11H11ClN6O/c1-6-4-8(17(3)16-6)19-10-7(2)9(12)15-11-13-5-14-18(10)11/h4-5H,1-3H3. The molecule has 0 spiro atoms. The van der Waals surface area contributed by atoms with Crippen LogP contribution in [0.4, 0.5) is 0 Å². The van der Waals surface area contributed by atoms with Crippen LogP contribution in [0.15, 0.2) is 12.4 Å². The molecule has 3 heterocycles. The molecule has 0 radical (unpaired) electrons. The van der Waals surface area contributed by atoms with Crippen LogP contribution in [0.5, 0.6) is 11.8 Å². The first-order chi connectivity index (χ1) is 9.06. The van der Waals surface area contributed by atoms with Gasteiger partial charge in [-0.1, -0.05) is 11.6 Å². The van der Waals surface area contributed by atoms with Crippen LogP contribution in [-0.2, 0) is 7.05 Å². The Bertz CT molecular complexity index is 762. The lowest BCUT2D eigenvalue weighted by atomic mass is 10.4. The number of halogens is 1. The summed E-state index contributed by atoms with van der Waals surface area (Å²) >= 11 is 6.07. The molecule has 0 bridgehead atoms. The van der Waals surface area contributed by atoms with Gasteiger partial charge in [0, 0.05) is 18.7 Å². The van der Waals surface area contributed by atoms with E-state index in [4.69, 9.17) is 16.3 Å². The van der Waals surface area contributed by atoms with Crippen LogP contribution in [0.25, 0.3) is 5.78 Å². The molecule has 0 aliphatic rings. The van der Waals surface area contributed by atoms with E-state index in [1.807, 2.05) is 19.9 Å². The number of hydrogen-bond acceptors (Lipinski definition) is 5. The van der Waals surface area contributed by atoms with E-state index in [1.54, 1.807) is 11.7 Å². The predicted octanol–water partition coefficient (Wildman–Crippen LogP) is 1.92. The fourth-order valence-electron chi connectivity index (χ4n) is 1.77. The molecule has 0 aromatic carbocycles. The average Bonchev–Trinajstić information content (AvgIpc) is 2.92. The molecular formula is C11H11ClN6O. The minimum atomic E-state index is 0.342. The molecule has 7 nitrogen and oxygen atoms in total. The molecule has 0 aliphatic heterocycles. The third-order valence-corrected chi connectivity index (χ3v) is 3.08. The Labute approximate surface area is 113 Å². The summed E-state index contributed by atoms with van der Waals surface area (Å²) in [7, 11) is 1.80. The molecule has 0 atom stereocenters. The van der Waals surface area contributed by atoms with Gasteiger partial charge in [-0.3, -0.25) is 0 Å². The van der Waals surface area contributed by atoms with Gasteiger partial charge in [0.15, 0.2) is 0 Å². The smallest absolute Gasteiger partial charge is 0.256 e. The SMILES string of the molecule is Cc1cc(Oc2c(C)c(Cl)nc3ncnn23)n(C)n1. The number of ether oxygens (including phenoxy) is 1. The average molecular weight is 279 g/mol. The Morgan fingerprint density at radius 3 is 2.79 bits per heavy atom. The van der Waals surface area contributed by atoms with Crippen LogP contribution in [0.1, 0.15) is 11.3 Å². The zero-order valence-corrected chi connectivity index (χ0v) is 11.4. The lowest BCUT2D eigenvalue weighted by molar-refractivity contribution is 0.400. The molecule has 3 rings (SSSR count). The minimum Gasteiger partial charge on any atom is -0.420 e. The highest BCUT2D eigenvalue weighted by Gasteiger charge is 2.16. The van der Waals surface area contributed by atoms with Crippen LogP contribution in [0, 0.1) is 13.8 Å². The molecule has 0 saturated heterocycles. The summed E-state index contributed by atoms with van der Waals surface area (Å²) in [6.45, 7) is 3.71. The normalized spacial score (nSPS) is 11.2. The number of hydrogen-bond donors (Lipinski definition) is 0. The third-order valence-electron chi connectivity index (χ3n) is 2.71. The number of fused-ring (bicyclic) bond motifs is 1. The molecule has 3 aromatic heterocycles. The highest BCUT2D eigenvalue weighted by atomic mass is 35.5. The summed E-state index contributed by atoms with van der Waals surface area (Å²) in [5, 5.41) is 8.65. The lowest BCUT2D eigenvalue weighted by Gasteiger charge is -2.10. The van der Waals surface area contributed by atoms with Crippen LogP contribution in [0.2, 0.25) is 5.15 Å². The summed E-state index contributed by atoms with van der Waals surface area (Å²) in [4.78, 5) is 8.12.